The van der Waals surface area contributed by atoms with Gasteiger partial charge in [-0.2, -0.15) is 0 Å². The van der Waals surface area contributed by atoms with E-state index in [-0.39, 0.29) is 11.5 Å². The summed E-state index contributed by atoms with van der Waals surface area (Å²) in [5.74, 6) is -0.572. The van der Waals surface area contributed by atoms with E-state index in [1.807, 2.05) is 0 Å². The van der Waals surface area contributed by atoms with Gasteiger partial charge >= 0.3 is 6.09 Å². The van der Waals surface area contributed by atoms with E-state index in [1.165, 1.54) is 13.8 Å². The smallest absolute Gasteiger partial charge is 0.411 e. The Balaban J connectivity index is 2.33. The summed E-state index contributed by atoms with van der Waals surface area (Å²) < 4.78 is 33.0. The zero-order chi connectivity index (χ0) is 22.2. The van der Waals surface area contributed by atoms with Crippen LogP contribution in [0.25, 0.3) is 0 Å². The van der Waals surface area contributed by atoms with Crippen LogP contribution < -0.4 is 0 Å². The maximum atomic E-state index is 13.7. The minimum Gasteiger partial charge on any atom is -0.444 e. The van der Waals surface area contributed by atoms with Crippen molar-refractivity contribution in [1.29, 1.82) is 0 Å². The average Bonchev–Trinajstić information content (AvgIpc) is 3.04. The summed E-state index contributed by atoms with van der Waals surface area (Å²) in [6.07, 6.45) is 0.906. The SMILES string of the molecule is CC1(C)CCC(N(C(=O)C(C)(C)C(F)F)C2CCCN2C(=O)OC(C)(C)C)CC1. The maximum absolute atomic E-state index is 13.7. The van der Waals surface area contributed by atoms with Crippen LogP contribution in [0.1, 0.15) is 87.0 Å². The number of amides is 2. The Kier molecular flexibility index (Phi) is 6.90. The molecule has 0 bridgehead atoms. The number of hydrogen-bond acceptors (Lipinski definition) is 3. The first kappa shape index (κ1) is 23.9. The van der Waals surface area contributed by atoms with Gasteiger partial charge in [0.25, 0.3) is 6.43 Å². The molecule has 0 aromatic carbocycles. The van der Waals surface area contributed by atoms with Gasteiger partial charge in [0.05, 0.1) is 0 Å². The molecule has 1 unspecified atom stereocenters. The molecule has 1 aliphatic carbocycles. The fraction of sp³-hybridized carbons (Fsp3) is 0.909. The Morgan fingerprint density at radius 2 is 1.62 bits per heavy atom. The molecule has 1 saturated carbocycles. The van der Waals surface area contributed by atoms with E-state index in [0.717, 1.165) is 32.1 Å². The second-order valence-corrected chi connectivity index (χ2v) is 10.9. The summed E-state index contributed by atoms with van der Waals surface area (Å²) in [5, 5.41) is 0. The van der Waals surface area contributed by atoms with Crippen LogP contribution in [0.5, 0.6) is 0 Å². The van der Waals surface area contributed by atoms with Gasteiger partial charge < -0.3 is 9.64 Å². The number of ether oxygens (including phenoxy) is 1. The highest BCUT2D eigenvalue weighted by Gasteiger charge is 2.49. The minimum absolute atomic E-state index is 0.137. The van der Waals surface area contributed by atoms with Gasteiger partial charge in [-0.15, -0.1) is 0 Å². The number of nitrogens with zero attached hydrogens (tertiary/aromatic N) is 2. The molecule has 0 aromatic rings. The van der Waals surface area contributed by atoms with Crippen LogP contribution in [-0.2, 0) is 9.53 Å². The Morgan fingerprint density at radius 3 is 2.10 bits per heavy atom. The predicted molar refractivity (Wildman–Crippen MR) is 109 cm³/mol. The van der Waals surface area contributed by atoms with Crippen LogP contribution in [-0.4, -0.2) is 52.6 Å². The lowest BCUT2D eigenvalue weighted by atomic mass is 9.74. The van der Waals surface area contributed by atoms with E-state index in [1.54, 1.807) is 30.6 Å². The van der Waals surface area contributed by atoms with Crippen molar-refractivity contribution in [2.45, 2.75) is 111 Å². The van der Waals surface area contributed by atoms with Gasteiger partial charge in [-0.05, 0) is 78.6 Å². The Labute approximate surface area is 174 Å². The molecule has 168 valence electrons. The molecule has 2 rings (SSSR count). The molecular formula is C22H38F2N2O3. The van der Waals surface area contributed by atoms with Crippen LogP contribution in [0, 0.1) is 10.8 Å². The lowest BCUT2D eigenvalue weighted by Gasteiger charge is -2.47. The molecule has 1 heterocycles. The van der Waals surface area contributed by atoms with Crippen molar-refractivity contribution in [2.75, 3.05) is 6.54 Å². The Bertz CT molecular complexity index is 604. The van der Waals surface area contributed by atoms with Crippen molar-refractivity contribution < 1.29 is 23.1 Å². The van der Waals surface area contributed by atoms with Crippen molar-refractivity contribution in [3.63, 3.8) is 0 Å². The lowest BCUT2D eigenvalue weighted by molar-refractivity contribution is -0.159. The summed E-state index contributed by atoms with van der Waals surface area (Å²) in [7, 11) is 0. The molecule has 0 aromatic heterocycles. The highest BCUT2D eigenvalue weighted by atomic mass is 19.3. The second-order valence-electron chi connectivity index (χ2n) is 10.9. The molecule has 2 aliphatic rings. The largest absolute Gasteiger partial charge is 0.444 e. The van der Waals surface area contributed by atoms with Gasteiger partial charge in [-0.3, -0.25) is 9.69 Å². The van der Waals surface area contributed by atoms with E-state index in [9.17, 15) is 18.4 Å². The van der Waals surface area contributed by atoms with E-state index >= 15 is 0 Å². The molecule has 2 fully saturated rings. The second kappa shape index (κ2) is 8.38. The molecule has 29 heavy (non-hydrogen) atoms. The molecule has 5 nitrogen and oxygen atoms in total. The molecule has 0 spiro atoms. The van der Waals surface area contributed by atoms with Crippen molar-refractivity contribution in [2.24, 2.45) is 10.8 Å². The number of alkyl halides is 2. The van der Waals surface area contributed by atoms with E-state index in [4.69, 9.17) is 4.74 Å². The number of likely N-dealkylation sites (tertiary alicyclic amines) is 1. The molecular weight excluding hydrogens is 378 g/mol. The van der Waals surface area contributed by atoms with Crippen LogP contribution >= 0.6 is 0 Å². The molecule has 7 heteroatoms. The minimum atomic E-state index is -2.77. The third kappa shape index (κ3) is 5.60. The van der Waals surface area contributed by atoms with Gasteiger partial charge in [0, 0.05) is 12.6 Å². The summed E-state index contributed by atoms with van der Waals surface area (Å²) in [6, 6.07) is -0.137. The van der Waals surface area contributed by atoms with Gasteiger partial charge in [0.1, 0.15) is 17.2 Å². The van der Waals surface area contributed by atoms with Crippen LogP contribution in [0.15, 0.2) is 0 Å². The third-order valence-electron chi connectivity index (χ3n) is 6.20. The highest BCUT2D eigenvalue weighted by Crippen LogP contribution is 2.41. The molecule has 0 N–H and O–H groups in total. The first-order chi connectivity index (χ1) is 13.2. The average molecular weight is 417 g/mol. The van der Waals surface area contributed by atoms with E-state index < -0.39 is 35.6 Å². The van der Waals surface area contributed by atoms with E-state index in [2.05, 4.69) is 13.8 Å². The van der Waals surface area contributed by atoms with Crippen LogP contribution in [0.2, 0.25) is 0 Å². The number of carbonyl (C=O) groups is 2. The fourth-order valence-electron chi connectivity index (χ4n) is 4.20. The van der Waals surface area contributed by atoms with Crippen LogP contribution in [0.4, 0.5) is 13.6 Å². The molecule has 1 saturated heterocycles. The quantitative estimate of drug-likeness (QED) is 0.614. The normalized spacial score (nSPS) is 23.4. The number of rotatable bonds is 4. The van der Waals surface area contributed by atoms with Gasteiger partial charge in [-0.1, -0.05) is 13.8 Å². The summed E-state index contributed by atoms with van der Waals surface area (Å²) >= 11 is 0. The summed E-state index contributed by atoms with van der Waals surface area (Å²) in [5.41, 5.74) is -2.27. The fourth-order valence-corrected chi connectivity index (χ4v) is 4.20. The summed E-state index contributed by atoms with van der Waals surface area (Å²) in [4.78, 5) is 29.3. The zero-order valence-corrected chi connectivity index (χ0v) is 19.1. The Hall–Kier alpha value is -1.40. The highest BCUT2D eigenvalue weighted by molar-refractivity contribution is 5.83. The molecule has 1 atom stereocenters. The van der Waals surface area contributed by atoms with Crippen molar-refractivity contribution >= 4 is 12.0 Å². The number of halogens is 2. The number of carbonyl (C=O) groups excluding carboxylic acids is 2. The lowest BCUT2D eigenvalue weighted by Crippen LogP contribution is -2.59. The standard InChI is InChI=1S/C22H38F2N2O3/c1-20(2,3)29-19(28)25-14-8-9-16(25)26(18(27)22(6,7)17(23)24)15-10-12-21(4,5)13-11-15/h15-17H,8-14H2,1-7H3. The van der Waals surface area contributed by atoms with Crippen molar-refractivity contribution in [3.8, 4) is 0 Å². The molecule has 0 radical (unpaired) electrons. The van der Waals surface area contributed by atoms with Crippen LogP contribution in [0.3, 0.4) is 0 Å². The van der Waals surface area contributed by atoms with Gasteiger partial charge in [0.15, 0.2) is 0 Å². The topological polar surface area (TPSA) is 49.9 Å². The Morgan fingerprint density at radius 1 is 1.07 bits per heavy atom. The van der Waals surface area contributed by atoms with Crippen molar-refractivity contribution in [1.82, 2.24) is 9.80 Å². The van der Waals surface area contributed by atoms with Crippen molar-refractivity contribution in [3.05, 3.63) is 0 Å². The number of hydrogen-bond donors (Lipinski definition) is 0. The first-order valence-electron chi connectivity index (χ1n) is 10.8. The monoisotopic (exact) mass is 416 g/mol. The summed E-state index contributed by atoms with van der Waals surface area (Å²) in [6.45, 7) is 12.8. The molecule has 1 aliphatic heterocycles. The maximum Gasteiger partial charge on any atom is 0.411 e. The molecule has 2 amide bonds. The zero-order valence-electron chi connectivity index (χ0n) is 19.1. The van der Waals surface area contributed by atoms with Gasteiger partial charge in [-0.25, -0.2) is 13.6 Å². The predicted octanol–water partition coefficient (Wildman–Crippen LogP) is 5.43. The third-order valence-corrected chi connectivity index (χ3v) is 6.20. The first-order valence-corrected chi connectivity index (χ1v) is 10.8. The van der Waals surface area contributed by atoms with Gasteiger partial charge in [0.2, 0.25) is 5.91 Å². The van der Waals surface area contributed by atoms with E-state index in [0.29, 0.717) is 13.0 Å².